The van der Waals surface area contributed by atoms with Crippen LogP contribution in [-0.4, -0.2) is 28.5 Å². The van der Waals surface area contributed by atoms with Crippen molar-refractivity contribution in [3.05, 3.63) is 35.5 Å². The molecule has 0 unspecified atom stereocenters. The van der Waals surface area contributed by atoms with Crippen LogP contribution in [0.5, 0.6) is 0 Å². The molecule has 21 heavy (non-hydrogen) atoms. The summed E-state index contributed by atoms with van der Waals surface area (Å²) in [5.41, 5.74) is 12.4. The van der Waals surface area contributed by atoms with E-state index in [9.17, 15) is 9.59 Å². The van der Waals surface area contributed by atoms with Gasteiger partial charge < -0.3 is 21.2 Å². The number of hydrogen-bond acceptors (Lipinski definition) is 5. The van der Waals surface area contributed by atoms with E-state index in [4.69, 9.17) is 16.2 Å². The first kappa shape index (κ1) is 14.6. The minimum atomic E-state index is -0.662. The number of esters is 1. The number of carbonyl (C=O) groups is 2. The molecule has 0 radical (unpaired) electrons. The van der Waals surface area contributed by atoms with Crippen molar-refractivity contribution >= 4 is 17.7 Å². The third kappa shape index (κ3) is 3.38. The maximum atomic E-state index is 11.4. The number of nitrogens with one attached hydrogen (secondary N) is 1. The molecule has 0 fully saturated rings. The normalized spacial score (nSPS) is 10.3. The lowest BCUT2D eigenvalue weighted by Crippen LogP contribution is -2.13. The number of primary amides is 1. The lowest BCUT2D eigenvalue weighted by atomic mass is 10.1. The summed E-state index contributed by atoms with van der Waals surface area (Å²) in [6, 6.07) is 7.12. The van der Waals surface area contributed by atoms with Gasteiger partial charge in [-0.3, -0.25) is 9.59 Å². The third-order valence-corrected chi connectivity index (χ3v) is 2.86. The van der Waals surface area contributed by atoms with E-state index in [0.29, 0.717) is 12.4 Å². The fourth-order valence-corrected chi connectivity index (χ4v) is 1.87. The molecule has 1 amide bonds. The Morgan fingerprint density at radius 2 is 1.95 bits per heavy atom. The van der Waals surface area contributed by atoms with Crippen LogP contribution in [0.1, 0.15) is 23.0 Å². The van der Waals surface area contributed by atoms with Crippen molar-refractivity contribution in [2.45, 2.75) is 13.3 Å². The number of rotatable bonds is 5. The number of nitrogens with two attached hydrogens (primary N) is 2. The van der Waals surface area contributed by atoms with Crippen LogP contribution >= 0.6 is 0 Å². The average molecular weight is 288 g/mol. The SMILES string of the molecule is CCOC(=O)Cc1ccc(-c2nc(N)c(C(N)=O)[nH]2)cc1. The number of nitrogen functional groups attached to an aromatic ring is 1. The van der Waals surface area contributed by atoms with Gasteiger partial charge in [-0.1, -0.05) is 24.3 Å². The predicted octanol–water partition coefficient (Wildman–Crippen LogP) is 0.863. The molecule has 0 bridgehead atoms. The zero-order valence-electron chi connectivity index (χ0n) is 11.6. The van der Waals surface area contributed by atoms with Crippen molar-refractivity contribution in [3.8, 4) is 11.4 Å². The van der Waals surface area contributed by atoms with Crippen molar-refractivity contribution in [3.63, 3.8) is 0 Å². The fourth-order valence-electron chi connectivity index (χ4n) is 1.87. The van der Waals surface area contributed by atoms with Crippen molar-refractivity contribution < 1.29 is 14.3 Å². The second kappa shape index (κ2) is 6.08. The van der Waals surface area contributed by atoms with Gasteiger partial charge in [0.05, 0.1) is 13.0 Å². The number of hydrogen-bond donors (Lipinski definition) is 3. The topological polar surface area (TPSA) is 124 Å². The van der Waals surface area contributed by atoms with Crippen molar-refractivity contribution in [1.29, 1.82) is 0 Å². The molecule has 0 aliphatic rings. The van der Waals surface area contributed by atoms with Gasteiger partial charge in [-0.05, 0) is 12.5 Å². The second-order valence-electron chi connectivity index (χ2n) is 4.39. The first-order valence-electron chi connectivity index (χ1n) is 6.41. The molecular formula is C14H16N4O3. The monoisotopic (exact) mass is 288 g/mol. The molecule has 2 aromatic rings. The fraction of sp³-hybridized carbons (Fsp3) is 0.214. The van der Waals surface area contributed by atoms with E-state index in [1.54, 1.807) is 31.2 Å². The number of carbonyl (C=O) groups excluding carboxylic acids is 2. The van der Waals surface area contributed by atoms with Gasteiger partial charge in [0.25, 0.3) is 5.91 Å². The lowest BCUT2D eigenvalue weighted by molar-refractivity contribution is -0.142. The molecular weight excluding hydrogens is 272 g/mol. The van der Waals surface area contributed by atoms with E-state index in [1.807, 2.05) is 0 Å². The molecule has 1 aromatic carbocycles. The minimum absolute atomic E-state index is 0.0631. The molecule has 0 saturated heterocycles. The zero-order chi connectivity index (χ0) is 15.4. The first-order valence-corrected chi connectivity index (χ1v) is 6.41. The van der Waals surface area contributed by atoms with Crippen molar-refractivity contribution in [2.75, 3.05) is 12.3 Å². The molecule has 7 heteroatoms. The first-order chi connectivity index (χ1) is 10.0. The van der Waals surface area contributed by atoms with E-state index in [-0.39, 0.29) is 23.9 Å². The highest BCUT2D eigenvalue weighted by molar-refractivity contribution is 5.96. The van der Waals surface area contributed by atoms with Crippen LogP contribution in [0.25, 0.3) is 11.4 Å². The Morgan fingerprint density at radius 3 is 2.48 bits per heavy atom. The Balaban J connectivity index is 2.17. The van der Waals surface area contributed by atoms with Crippen LogP contribution in [0.3, 0.4) is 0 Å². The van der Waals surface area contributed by atoms with Gasteiger partial charge in [0.15, 0.2) is 5.82 Å². The summed E-state index contributed by atoms with van der Waals surface area (Å²) in [7, 11) is 0. The Labute approximate surface area is 121 Å². The van der Waals surface area contributed by atoms with Crippen LogP contribution in [0, 0.1) is 0 Å². The molecule has 2 rings (SSSR count). The van der Waals surface area contributed by atoms with E-state index in [0.717, 1.165) is 11.1 Å². The van der Waals surface area contributed by atoms with E-state index in [1.165, 1.54) is 0 Å². The van der Waals surface area contributed by atoms with Gasteiger partial charge in [-0.15, -0.1) is 0 Å². The number of amides is 1. The van der Waals surface area contributed by atoms with E-state index < -0.39 is 5.91 Å². The van der Waals surface area contributed by atoms with Gasteiger partial charge in [-0.25, -0.2) is 4.98 Å². The summed E-state index contributed by atoms with van der Waals surface area (Å²) in [6.07, 6.45) is 0.209. The summed E-state index contributed by atoms with van der Waals surface area (Å²) in [5.74, 6) is -0.425. The highest BCUT2D eigenvalue weighted by Crippen LogP contribution is 2.20. The maximum absolute atomic E-state index is 11.4. The Hall–Kier alpha value is -2.83. The number of ether oxygens (including phenoxy) is 1. The third-order valence-electron chi connectivity index (χ3n) is 2.86. The van der Waals surface area contributed by atoms with Crippen molar-refractivity contribution in [2.24, 2.45) is 5.73 Å². The number of nitrogens with zero attached hydrogens (tertiary/aromatic N) is 1. The maximum Gasteiger partial charge on any atom is 0.310 e. The van der Waals surface area contributed by atoms with E-state index in [2.05, 4.69) is 9.97 Å². The molecule has 110 valence electrons. The number of aromatic nitrogens is 2. The minimum Gasteiger partial charge on any atom is -0.466 e. The Morgan fingerprint density at radius 1 is 1.29 bits per heavy atom. The Bertz CT molecular complexity index is 661. The van der Waals surface area contributed by atoms with E-state index >= 15 is 0 Å². The molecule has 1 aromatic heterocycles. The summed E-state index contributed by atoms with van der Waals surface area (Å²) < 4.78 is 4.88. The molecule has 0 saturated carbocycles. The zero-order valence-corrected chi connectivity index (χ0v) is 11.6. The van der Waals surface area contributed by atoms with Gasteiger partial charge in [-0.2, -0.15) is 0 Å². The number of H-pyrrole nitrogens is 1. The number of imidazole rings is 1. The molecule has 0 spiro atoms. The predicted molar refractivity (Wildman–Crippen MR) is 77.3 cm³/mol. The molecule has 0 atom stereocenters. The molecule has 0 aliphatic heterocycles. The van der Waals surface area contributed by atoms with Crippen LogP contribution in [0.4, 0.5) is 5.82 Å². The highest BCUT2D eigenvalue weighted by Gasteiger charge is 2.13. The summed E-state index contributed by atoms with van der Waals surface area (Å²) in [6.45, 7) is 2.12. The second-order valence-corrected chi connectivity index (χ2v) is 4.39. The Kier molecular flexibility index (Phi) is 4.22. The van der Waals surface area contributed by atoms with Crippen molar-refractivity contribution in [1.82, 2.24) is 9.97 Å². The largest absolute Gasteiger partial charge is 0.466 e. The standard InChI is InChI=1S/C14H16N4O3/c1-2-21-10(19)7-8-3-5-9(6-4-8)14-17-11(13(16)20)12(15)18-14/h3-6H,2,7,15H2,1H3,(H2,16,20)(H,17,18). The molecule has 1 heterocycles. The highest BCUT2D eigenvalue weighted by atomic mass is 16.5. The quantitative estimate of drug-likeness (QED) is 0.704. The van der Waals surface area contributed by atoms with Crippen LogP contribution < -0.4 is 11.5 Å². The van der Waals surface area contributed by atoms with Crippen LogP contribution in [0.15, 0.2) is 24.3 Å². The van der Waals surface area contributed by atoms with Gasteiger partial charge in [0.1, 0.15) is 11.5 Å². The summed E-state index contributed by atoms with van der Waals surface area (Å²) in [4.78, 5) is 29.3. The number of anilines is 1. The lowest BCUT2D eigenvalue weighted by Gasteiger charge is -2.03. The molecule has 0 aliphatic carbocycles. The van der Waals surface area contributed by atoms with Gasteiger partial charge in [0, 0.05) is 5.56 Å². The number of benzene rings is 1. The van der Waals surface area contributed by atoms with Gasteiger partial charge in [0.2, 0.25) is 0 Å². The summed E-state index contributed by atoms with van der Waals surface area (Å²) in [5, 5.41) is 0. The molecule has 5 N–H and O–H groups in total. The van der Waals surface area contributed by atoms with Gasteiger partial charge >= 0.3 is 5.97 Å². The summed E-state index contributed by atoms with van der Waals surface area (Å²) >= 11 is 0. The average Bonchev–Trinajstić information content (AvgIpc) is 2.82. The number of aromatic amines is 1. The smallest absolute Gasteiger partial charge is 0.310 e. The molecule has 7 nitrogen and oxygen atoms in total. The van der Waals surface area contributed by atoms with Crippen LogP contribution in [0.2, 0.25) is 0 Å². The van der Waals surface area contributed by atoms with Crippen LogP contribution in [-0.2, 0) is 16.0 Å².